The Morgan fingerprint density at radius 1 is 1.04 bits per heavy atom. The number of rotatable bonds is 6. The fourth-order valence-corrected chi connectivity index (χ4v) is 3.68. The van der Waals surface area contributed by atoms with E-state index in [4.69, 9.17) is 14.2 Å². The Balaban J connectivity index is 1.56. The minimum absolute atomic E-state index is 0.170. The van der Waals surface area contributed by atoms with Crippen molar-refractivity contribution in [2.45, 2.75) is 18.7 Å². The van der Waals surface area contributed by atoms with Crippen LogP contribution in [0.4, 0.5) is 0 Å². The summed E-state index contributed by atoms with van der Waals surface area (Å²) in [6.07, 6.45) is 0. The molecule has 0 atom stereocenters. The van der Waals surface area contributed by atoms with Crippen molar-refractivity contribution in [3.05, 3.63) is 47.5 Å². The number of benzene rings is 2. The van der Waals surface area contributed by atoms with Crippen molar-refractivity contribution in [1.29, 1.82) is 0 Å². The van der Waals surface area contributed by atoms with Crippen LogP contribution in [0, 0.1) is 13.8 Å². The summed E-state index contributed by atoms with van der Waals surface area (Å²) in [5, 5.41) is 0. The SMILES string of the molecule is Cc1cc(C)cc(S(=O)(=O)NCCOc2ccc3c(c2)OCO3)c1. The number of ether oxygens (including phenoxy) is 3. The highest BCUT2D eigenvalue weighted by molar-refractivity contribution is 7.89. The quantitative estimate of drug-likeness (QED) is 0.811. The van der Waals surface area contributed by atoms with Gasteiger partial charge in [0.25, 0.3) is 0 Å². The molecule has 6 nitrogen and oxygen atoms in total. The molecule has 0 spiro atoms. The van der Waals surface area contributed by atoms with E-state index in [1.807, 2.05) is 19.9 Å². The summed E-state index contributed by atoms with van der Waals surface area (Å²) in [5.41, 5.74) is 1.82. The summed E-state index contributed by atoms with van der Waals surface area (Å²) in [6, 6.07) is 10.5. The number of aryl methyl sites for hydroxylation is 2. The van der Waals surface area contributed by atoms with E-state index in [2.05, 4.69) is 4.72 Å². The van der Waals surface area contributed by atoms with E-state index in [-0.39, 0.29) is 24.8 Å². The molecule has 128 valence electrons. The highest BCUT2D eigenvalue weighted by Crippen LogP contribution is 2.34. The molecule has 2 aromatic carbocycles. The second-order valence-corrected chi connectivity index (χ2v) is 7.35. The molecule has 0 saturated carbocycles. The van der Waals surface area contributed by atoms with Crippen LogP contribution >= 0.6 is 0 Å². The van der Waals surface area contributed by atoms with Crippen molar-refractivity contribution in [2.24, 2.45) is 0 Å². The average Bonchev–Trinajstić information content (AvgIpc) is 2.98. The summed E-state index contributed by atoms with van der Waals surface area (Å²) >= 11 is 0. The van der Waals surface area contributed by atoms with Gasteiger partial charge in [0.2, 0.25) is 16.8 Å². The predicted molar refractivity (Wildman–Crippen MR) is 89.2 cm³/mol. The molecule has 7 heteroatoms. The molecule has 0 aromatic heterocycles. The lowest BCUT2D eigenvalue weighted by Crippen LogP contribution is -2.28. The van der Waals surface area contributed by atoms with E-state index in [1.165, 1.54) is 0 Å². The van der Waals surface area contributed by atoms with Crippen molar-refractivity contribution in [1.82, 2.24) is 4.72 Å². The first-order chi connectivity index (χ1) is 11.4. The first-order valence-electron chi connectivity index (χ1n) is 7.54. The van der Waals surface area contributed by atoms with Gasteiger partial charge in [-0.2, -0.15) is 0 Å². The minimum atomic E-state index is -3.54. The zero-order chi connectivity index (χ0) is 17.2. The lowest BCUT2D eigenvalue weighted by atomic mass is 10.2. The lowest BCUT2D eigenvalue weighted by Gasteiger charge is -2.10. The standard InChI is InChI=1S/C17H19NO5S/c1-12-7-13(2)9-15(8-12)24(19,20)18-5-6-21-14-3-4-16-17(10-14)23-11-22-16/h3-4,7-10,18H,5-6,11H2,1-2H3. The van der Waals surface area contributed by atoms with Crippen LogP contribution in [0.1, 0.15) is 11.1 Å². The molecular formula is C17H19NO5S. The monoisotopic (exact) mass is 349 g/mol. The van der Waals surface area contributed by atoms with E-state index in [9.17, 15) is 8.42 Å². The van der Waals surface area contributed by atoms with E-state index in [1.54, 1.807) is 30.3 Å². The Kier molecular flexibility index (Phi) is 4.64. The number of fused-ring (bicyclic) bond motifs is 1. The van der Waals surface area contributed by atoms with Crippen LogP contribution in [-0.4, -0.2) is 28.4 Å². The summed E-state index contributed by atoms with van der Waals surface area (Å²) in [4.78, 5) is 0.267. The zero-order valence-electron chi connectivity index (χ0n) is 13.5. The van der Waals surface area contributed by atoms with Crippen LogP contribution in [0.3, 0.4) is 0 Å². The smallest absolute Gasteiger partial charge is 0.240 e. The Bertz CT molecular complexity index is 828. The molecule has 0 amide bonds. The highest BCUT2D eigenvalue weighted by Gasteiger charge is 2.15. The van der Waals surface area contributed by atoms with Gasteiger partial charge < -0.3 is 14.2 Å². The van der Waals surface area contributed by atoms with Crippen molar-refractivity contribution in [3.8, 4) is 17.2 Å². The molecule has 0 fully saturated rings. The summed E-state index contributed by atoms with van der Waals surface area (Å²) in [7, 11) is -3.54. The molecule has 0 aliphatic carbocycles. The largest absolute Gasteiger partial charge is 0.492 e. The van der Waals surface area contributed by atoms with E-state index < -0.39 is 10.0 Å². The number of sulfonamides is 1. The third-order valence-electron chi connectivity index (χ3n) is 3.51. The minimum Gasteiger partial charge on any atom is -0.492 e. The molecule has 0 bridgehead atoms. The van der Waals surface area contributed by atoms with E-state index in [0.29, 0.717) is 17.2 Å². The van der Waals surface area contributed by atoms with Crippen molar-refractivity contribution in [3.63, 3.8) is 0 Å². The molecule has 0 radical (unpaired) electrons. The molecule has 1 aliphatic rings. The normalized spacial score (nSPS) is 13.1. The molecule has 0 unspecified atom stereocenters. The van der Waals surface area contributed by atoms with Gasteiger partial charge in [0.05, 0.1) is 4.90 Å². The number of nitrogens with one attached hydrogen (secondary N) is 1. The van der Waals surface area contributed by atoms with Gasteiger partial charge in [-0.25, -0.2) is 13.1 Å². The van der Waals surface area contributed by atoms with Gasteiger partial charge in [0, 0.05) is 12.6 Å². The molecule has 24 heavy (non-hydrogen) atoms. The Morgan fingerprint density at radius 2 is 1.75 bits per heavy atom. The molecule has 3 rings (SSSR count). The number of hydrogen-bond donors (Lipinski definition) is 1. The Morgan fingerprint density at radius 3 is 2.50 bits per heavy atom. The Hall–Kier alpha value is -2.25. The van der Waals surface area contributed by atoms with Crippen LogP contribution < -0.4 is 18.9 Å². The van der Waals surface area contributed by atoms with E-state index >= 15 is 0 Å². The van der Waals surface area contributed by atoms with Gasteiger partial charge in [-0.3, -0.25) is 0 Å². The van der Waals surface area contributed by atoms with Gasteiger partial charge in [0.15, 0.2) is 11.5 Å². The average molecular weight is 349 g/mol. The third-order valence-corrected chi connectivity index (χ3v) is 4.95. The maximum atomic E-state index is 12.3. The van der Waals surface area contributed by atoms with Crippen molar-refractivity contribution < 1.29 is 22.6 Å². The van der Waals surface area contributed by atoms with Gasteiger partial charge in [-0.05, 0) is 49.2 Å². The summed E-state index contributed by atoms with van der Waals surface area (Å²) < 4.78 is 43.2. The zero-order valence-corrected chi connectivity index (χ0v) is 14.4. The number of hydrogen-bond acceptors (Lipinski definition) is 5. The maximum absolute atomic E-state index is 12.3. The van der Waals surface area contributed by atoms with Gasteiger partial charge in [-0.15, -0.1) is 0 Å². The molecule has 1 heterocycles. The molecule has 1 aliphatic heterocycles. The van der Waals surface area contributed by atoms with Gasteiger partial charge in [-0.1, -0.05) is 6.07 Å². The first-order valence-corrected chi connectivity index (χ1v) is 9.03. The molecule has 0 saturated heterocycles. The molecule has 2 aromatic rings. The van der Waals surface area contributed by atoms with Gasteiger partial charge >= 0.3 is 0 Å². The Labute approximate surface area is 141 Å². The summed E-state index contributed by atoms with van der Waals surface area (Å²) in [6.45, 7) is 4.32. The second kappa shape index (κ2) is 6.70. The van der Waals surface area contributed by atoms with Crippen LogP contribution in [-0.2, 0) is 10.0 Å². The fourth-order valence-electron chi connectivity index (χ4n) is 2.48. The molecular weight excluding hydrogens is 330 g/mol. The van der Waals surface area contributed by atoms with Crippen LogP contribution in [0.15, 0.2) is 41.3 Å². The summed E-state index contributed by atoms with van der Waals surface area (Å²) in [5.74, 6) is 1.91. The van der Waals surface area contributed by atoms with Crippen LogP contribution in [0.5, 0.6) is 17.2 Å². The van der Waals surface area contributed by atoms with Crippen LogP contribution in [0.25, 0.3) is 0 Å². The van der Waals surface area contributed by atoms with Crippen molar-refractivity contribution >= 4 is 10.0 Å². The topological polar surface area (TPSA) is 73.9 Å². The second-order valence-electron chi connectivity index (χ2n) is 5.58. The first kappa shape index (κ1) is 16.6. The maximum Gasteiger partial charge on any atom is 0.240 e. The van der Waals surface area contributed by atoms with E-state index in [0.717, 1.165) is 11.1 Å². The third kappa shape index (κ3) is 3.80. The fraction of sp³-hybridized carbons (Fsp3) is 0.294. The highest BCUT2D eigenvalue weighted by atomic mass is 32.2. The van der Waals surface area contributed by atoms with Crippen LogP contribution in [0.2, 0.25) is 0 Å². The predicted octanol–water partition coefficient (Wildman–Crippen LogP) is 2.39. The van der Waals surface area contributed by atoms with Crippen molar-refractivity contribution in [2.75, 3.05) is 19.9 Å². The van der Waals surface area contributed by atoms with Gasteiger partial charge in [0.1, 0.15) is 12.4 Å². The molecule has 1 N–H and O–H groups in total. The lowest BCUT2D eigenvalue weighted by molar-refractivity contribution is 0.173.